The number of carboxylic acid groups (broad SMARTS) is 1. The highest BCUT2D eigenvalue weighted by molar-refractivity contribution is 5.94. The lowest BCUT2D eigenvalue weighted by atomic mass is 10.1. The van der Waals surface area contributed by atoms with Gasteiger partial charge < -0.3 is 14.7 Å². The fraction of sp³-hybridized carbons (Fsp3) is 0.500. The lowest BCUT2D eigenvalue weighted by Gasteiger charge is -2.13. The van der Waals surface area contributed by atoms with Gasteiger partial charge in [0, 0.05) is 25.2 Å². The fourth-order valence-electron chi connectivity index (χ4n) is 1.57. The van der Waals surface area contributed by atoms with Crippen molar-refractivity contribution in [1.82, 2.24) is 4.90 Å². The highest BCUT2D eigenvalue weighted by Gasteiger charge is 2.30. The van der Waals surface area contributed by atoms with E-state index in [9.17, 15) is 14.4 Å². The molecule has 1 fully saturated rings. The molecule has 1 N–H and O–H groups in total. The van der Waals surface area contributed by atoms with E-state index in [1.807, 2.05) is 0 Å². The maximum absolute atomic E-state index is 11.4. The maximum atomic E-state index is 11.4. The fourth-order valence-corrected chi connectivity index (χ4v) is 1.57. The van der Waals surface area contributed by atoms with Crippen LogP contribution >= 0.6 is 0 Å². The number of methoxy groups -OCH3 is 1. The lowest BCUT2D eigenvalue weighted by Crippen LogP contribution is -2.28. The first-order valence-corrected chi connectivity index (χ1v) is 4.82. The Bertz CT molecular complexity index is 336. The predicted molar refractivity (Wildman–Crippen MR) is 53.5 cm³/mol. The number of nitrogens with zero attached hydrogens (tertiary/aromatic N) is 1. The Morgan fingerprint density at radius 3 is 2.62 bits per heavy atom. The van der Waals surface area contributed by atoms with Crippen LogP contribution in [0.2, 0.25) is 0 Å². The molecular weight excluding hydrogens is 214 g/mol. The van der Waals surface area contributed by atoms with Crippen LogP contribution in [0.25, 0.3) is 0 Å². The molecule has 1 rings (SSSR count). The second-order valence-corrected chi connectivity index (χ2v) is 3.46. The van der Waals surface area contributed by atoms with Crippen molar-refractivity contribution in [2.75, 3.05) is 20.2 Å². The van der Waals surface area contributed by atoms with E-state index in [1.165, 1.54) is 12.0 Å². The van der Waals surface area contributed by atoms with E-state index in [0.29, 0.717) is 13.0 Å². The average Bonchev–Trinajstić information content (AvgIpc) is 2.74. The zero-order valence-corrected chi connectivity index (χ0v) is 8.88. The van der Waals surface area contributed by atoms with Gasteiger partial charge in [0.1, 0.15) is 0 Å². The number of carboxylic acids is 1. The van der Waals surface area contributed by atoms with E-state index in [2.05, 4.69) is 4.74 Å². The number of likely N-dealkylation sites (tertiary alicyclic amines) is 1. The molecule has 88 valence electrons. The van der Waals surface area contributed by atoms with Crippen LogP contribution in [0.1, 0.15) is 6.42 Å². The van der Waals surface area contributed by atoms with Gasteiger partial charge in [-0.15, -0.1) is 0 Å². The summed E-state index contributed by atoms with van der Waals surface area (Å²) in [6, 6.07) is 0. The molecule has 1 saturated heterocycles. The van der Waals surface area contributed by atoms with Crippen molar-refractivity contribution in [1.29, 1.82) is 0 Å². The van der Waals surface area contributed by atoms with Crippen molar-refractivity contribution in [2.24, 2.45) is 5.92 Å². The van der Waals surface area contributed by atoms with Gasteiger partial charge in [-0.05, 0) is 6.42 Å². The Hall–Kier alpha value is -1.85. The first-order chi connectivity index (χ1) is 7.54. The Labute approximate surface area is 92.5 Å². The first kappa shape index (κ1) is 12.2. The SMILES string of the molecule is COC(=O)C1CCN(C(=O)C=CC(=O)O)C1. The summed E-state index contributed by atoms with van der Waals surface area (Å²) < 4.78 is 4.57. The number of amides is 1. The molecule has 0 aromatic heterocycles. The molecule has 6 nitrogen and oxygen atoms in total. The Balaban J connectivity index is 2.50. The third-order valence-electron chi connectivity index (χ3n) is 2.40. The molecule has 1 heterocycles. The van der Waals surface area contributed by atoms with Crippen molar-refractivity contribution in [3.63, 3.8) is 0 Å². The zero-order valence-electron chi connectivity index (χ0n) is 8.88. The average molecular weight is 227 g/mol. The number of rotatable bonds is 3. The van der Waals surface area contributed by atoms with E-state index in [-0.39, 0.29) is 18.4 Å². The van der Waals surface area contributed by atoms with E-state index >= 15 is 0 Å². The van der Waals surface area contributed by atoms with Crippen molar-refractivity contribution < 1.29 is 24.2 Å². The lowest BCUT2D eigenvalue weighted by molar-refractivity contribution is -0.145. The minimum absolute atomic E-state index is 0.287. The third-order valence-corrected chi connectivity index (χ3v) is 2.40. The Morgan fingerprint density at radius 2 is 2.06 bits per heavy atom. The van der Waals surface area contributed by atoms with Crippen LogP contribution in [0.15, 0.2) is 12.2 Å². The number of hydrogen-bond donors (Lipinski definition) is 1. The molecule has 1 unspecified atom stereocenters. The molecular formula is C10H13NO5. The number of carbonyl (C=O) groups is 3. The van der Waals surface area contributed by atoms with E-state index in [4.69, 9.17) is 5.11 Å². The predicted octanol–water partition coefficient (Wildman–Crippen LogP) is -0.351. The van der Waals surface area contributed by atoms with Gasteiger partial charge in [-0.3, -0.25) is 9.59 Å². The monoisotopic (exact) mass is 227 g/mol. The standard InChI is InChI=1S/C10H13NO5/c1-16-10(15)7-4-5-11(6-7)8(12)2-3-9(13)14/h2-3,7H,4-6H2,1H3,(H,13,14). The quantitative estimate of drug-likeness (QED) is 0.526. The first-order valence-electron chi connectivity index (χ1n) is 4.82. The second-order valence-electron chi connectivity index (χ2n) is 3.46. The summed E-state index contributed by atoms with van der Waals surface area (Å²) >= 11 is 0. The van der Waals surface area contributed by atoms with Gasteiger partial charge in [0.15, 0.2) is 0 Å². The zero-order chi connectivity index (χ0) is 12.1. The summed E-state index contributed by atoms with van der Waals surface area (Å²) in [4.78, 5) is 34.2. The van der Waals surface area contributed by atoms with Crippen LogP contribution in [0.5, 0.6) is 0 Å². The normalized spacial score (nSPS) is 20.1. The van der Waals surface area contributed by atoms with Crippen molar-refractivity contribution in [3.8, 4) is 0 Å². The molecule has 0 saturated carbocycles. The minimum atomic E-state index is -1.17. The summed E-state index contributed by atoms with van der Waals surface area (Å²) in [5, 5.41) is 8.35. The summed E-state index contributed by atoms with van der Waals surface area (Å²) in [6.07, 6.45) is 2.33. The molecule has 0 radical (unpaired) electrons. The minimum Gasteiger partial charge on any atom is -0.478 e. The van der Waals surface area contributed by atoms with Gasteiger partial charge in [-0.1, -0.05) is 0 Å². The van der Waals surface area contributed by atoms with Gasteiger partial charge in [-0.2, -0.15) is 0 Å². The maximum Gasteiger partial charge on any atom is 0.328 e. The number of aliphatic carboxylic acids is 1. The molecule has 1 amide bonds. The van der Waals surface area contributed by atoms with Crippen LogP contribution in [0.3, 0.4) is 0 Å². The third kappa shape index (κ3) is 3.08. The largest absolute Gasteiger partial charge is 0.478 e. The number of carbonyl (C=O) groups excluding carboxylic acids is 2. The smallest absolute Gasteiger partial charge is 0.328 e. The van der Waals surface area contributed by atoms with Gasteiger partial charge in [-0.25, -0.2) is 4.79 Å². The summed E-state index contributed by atoms with van der Waals surface area (Å²) in [5.74, 6) is -2.20. The van der Waals surface area contributed by atoms with Gasteiger partial charge in [0.05, 0.1) is 13.0 Å². The van der Waals surface area contributed by atoms with E-state index < -0.39 is 11.9 Å². The van der Waals surface area contributed by atoms with Crippen LogP contribution in [-0.2, 0) is 19.1 Å². The Morgan fingerprint density at radius 1 is 1.38 bits per heavy atom. The number of ether oxygens (including phenoxy) is 1. The number of hydrogen-bond acceptors (Lipinski definition) is 4. The highest BCUT2D eigenvalue weighted by Crippen LogP contribution is 2.17. The van der Waals surface area contributed by atoms with Crippen molar-refractivity contribution in [2.45, 2.75) is 6.42 Å². The molecule has 16 heavy (non-hydrogen) atoms. The second kappa shape index (κ2) is 5.29. The van der Waals surface area contributed by atoms with Crippen molar-refractivity contribution in [3.05, 3.63) is 12.2 Å². The van der Waals surface area contributed by atoms with Crippen LogP contribution in [0, 0.1) is 5.92 Å². The molecule has 1 aliphatic heterocycles. The highest BCUT2D eigenvalue weighted by atomic mass is 16.5. The van der Waals surface area contributed by atoms with E-state index in [1.54, 1.807) is 0 Å². The van der Waals surface area contributed by atoms with Crippen LogP contribution < -0.4 is 0 Å². The van der Waals surface area contributed by atoms with Gasteiger partial charge in [0.2, 0.25) is 5.91 Å². The molecule has 1 aliphatic rings. The summed E-state index contributed by atoms with van der Waals surface area (Å²) in [5.41, 5.74) is 0. The molecule has 0 aliphatic carbocycles. The van der Waals surface area contributed by atoms with Crippen LogP contribution in [0.4, 0.5) is 0 Å². The molecule has 6 heteroatoms. The summed E-state index contributed by atoms with van der Waals surface area (Å²) in [6.45, 7) is 0.734. The molecule has 0 aromatic rings. The molecule has 0 aromatic carbocycles. The van der Waals surface area contributed by atoms with Crippen LogP contribution in [-0.4, -0.2) is 48.1 Å². The Kier molecular flexibility index (Phi) is 4.04. The molecule has 1 atom stereocenters. The van der Waals surface area contributed by atoms with Gasteiger partial charge >= 0.3 is 11.9 Å². The molecule has 0 spiro atoms. The number of esters is 1. The topological polar surface area (TPSA) is 83.9 Å². The molecule has 0 bridgehead atoms. The van der Waals surface area contributed by atoms with Gasteiger partial charge in [0.25, 0.3) is 0 Å². The van der Waals surface area contributed by atoms with Crippen molar-refractivity contribution >= 4 is 17.8 Å². The van der Waals surface area contributed by atoms with E-state index in [0.717, 1.165) is 12.2 Å². The summed E-state index contributed by atoms with van der Waals surface area (Å²) in [7, 11) is 1.30.